The van der Waals surface area contributed by atoms with Crippen LogP contribution in [0.5, 0.6) is 0 Å². The lowest BCUT2D eigenvalue weighted by Gasteiger charge is -1.31. The summed E-state index contributed by atoms with van der Waals surface area (Å²) in [6.45, 7) is 5.25. The van der Waals surface area contributed by atoms with Crippen molar-refractivity contribution in [2.24, 2.45) is 0 Å². The van der Waals surface area contributed by atoms with Gasteiger partial charge in [-0.3, -0.25) is 0 Å². The van der Waals surface area contributed by atoms with E-state index in [1.807, 2.05) is 6.92 Å². The molecular weight excluding hydrogens is 267 g/mol. The highest BCUT2D eigenvalue weighted by atomic mass is 79.9. The van der Waals surface area contributed by atoms with Gasteiger partial charge in [0.2, 0.25) is 0 Å². The lowest BCUT2D eigenvalue weighted by Crippen LogP contribution is -1.07. The first-order chi connectivity index (χ1) is 1.41. The summed E-state index contributed by atoms with van der Waals surface area (Å²) < 4.78 is 0. The monoisotopic (exact) mass is 274 g/mol. The minimum atomic E-state index is 0. The Morgan fingerprint density at radius 2 is 1.14 bits per heavy atom. The van der Waals surface area contributed by atoms with Gasteiger partial charge in [0.25, 0.3) is 0 Å². The largest absolute Gasteiger partial charge is 0.147 e. The van der Waals surface area contributed by atoms with Crippen LogP contribution in [0.3, 0.4) is 0 Å². The van der Waals surface area contributed by atoms with Crippen LogP contribution in [0.1, 0.15) is 6.92 Å². The van der Waals surface area contributed by atoms with E-state index < -0.39 is 0 Å². The molecule has 0 N–H and O–H groups in total. The molecule has 0 spiro atoms. The molecule has 0 radical (unpaired) electrons. The van der Waals surface area contributed by atoms with Crippen molar-refractivity contribution in [1.82, 2.24) is 0 Å². The second-order valence-corrected chi connectivity index (χ2v) is 0.408. The third-order valence-electron chi connectivity index (χ3n) is 0. The van der Waals surface area contributed by atoms with Crippen molar-refractivity contribution >= 4 is 58.8 Å². The van der Waals surface area contributed by atoms with Crippen LogP contribution in [-0.4, -0.2) is 0 Å². The molecule has 4 heteroatoms. The summed E-state index contributed by atoms with van der Waals surface area (Å²) in [6, 6.07) is 0. The summed E-state index contributed by atoms with van der Waals surface area (Å²) >= 11 is 0. The second kappa shape index (κ2) is 55.2. The first-order valence-electron chi connectivity index (χ1n) is 0.986. The summed E-state index contributed by atoms with van der Waals surface area (Å²) in [7, 11) is 0. The Hall–Kier alpha value is 1.28. The predicted octanol–water partition coefficient (Wildman–Crippen LogP) is 3.19. The van der Waals surface area contributed by atoms with E-state index in [0.717, 1.165) is 0 Å². The van der Waals surface area contributed by atoms with Crippen LogP contribution < -0.4 is 0 Å². The number of allylic oxidation sites excluding steroid dienone is 1. The van der Waals surface area contributed by atoms with Gasteiger partial charge in [-0.2, -0.15) is 0 Å². The maximum Gasteiger partial charge on any atom is -0.0473 e. The normalized spacial score (nSPS) is 1.86. The van der Waals surface area contributed by atoms with Gasteiger partial charge in [-0.05, 0) is 6.92 Å². The first-order valence-corrected chi connectivity index (χ1v) is 0.986. The second-order valence-electron chi connectivity index (χ2n) is 0.408. The van der Waals surface area contributed by atoms with Gasteiger partial charge >= 0.3 is 0 Å². The van der Waals surface area contributed by atoms with Gasteiger partial charge in [0.05, 0.1) is 0 Å². The molecule has 0 rings (SSSR count). The number of rotatable bonds is 0. The van der Waals surface area contributed by atoms with Crippen molar-refractivity contribution in [3.05, 3.63) is 12.7 Å². The van der Waals surface area contributed by atoms with Crippen molar-refractivity contribution in [1.29, 1.82) is 0 Å². The van der Waals surface area contributed by atoms with E-state index in [0.29, 0.717) is 0 Å². The zero-order valence-electron chi connectivity index (χ0n) is 3.92. The van der Waals surface area contributed by atoms with Gasteiger partial charge in [0, 0.05) is 0 Å². The molecule has 0 aliphatic heterocycles. The molecule has 0 fully saturated rings. The summed E-state index contributed by atoms with van der Waals surface area (Å²) in [5.74, 6) is 0. The molecule has 0 unspecified atom stereocenters. The maximum absolute atomic E-state index is 3.36. The van der Waals surface area contributed by atoms with E-state index in [9.17, 15) is 0 Å². The molecule has 0 bridgehead atoms. The Morgan fingerprint density at radius 1 is 1.14 bits per heavy atom. The quantitative estimate of drug-likeness (QED) is 0.596. The van der Waals surface area contributed by atoms with Crippen LogP contribution >= 0.6 is 58.8 Å². The molecule has 0 amide bonds. The van der Waals surface area contributed by atoms with Crippen LogP contribution in [0.15, 0.2) is 12.7 Å². The van der Waals surface area contributed by atoms with Crippen LogP contribution in [0.25, 0.3) is 0 Å². The molecule has 0 saturated carbocycles. The molecule has 0 aromatic heterocycles. The molecular formula is C3H10Br2Cl2. The summed E-state index contributed by atoms with van der Waals surface area (Å²) in [5.41, 5.74) is 0. The summed E-state index contributed by atoms with van der Waals surface area (Å²) in [6.07, 6.45) is 1.75. The molecule has 0 aromatic rings. The molecule has 0 heterocycles. The van der Waals surface area contributed by atoms with Crippen molar-refractivity contribution in [3.63, 3.8) is 0 Å². The third-order valence-corrected chi connectivity index (χ3v) is 0. The van der Waals surface area contributed by atoms with Crippen LogP contribution in [0.4, 0.5) is 0 Å². The Bertz CT molecular complexity index is 18.4. The van der Waals surface area contributed by atoms with Gasteiger partial charge in [-0.15, -0.1) is 65.4 Å². The van der Waals surface area contributed by atoms with Gasteiger partial charge in [0.15, 0.2) is 0 Å². The fraction of sp³-hybridized carbons (Fsp3) is 0.333. The molecule has 0 atom stereocenters. The van der Waals surface area contributed by atoms with Crippen molar-refractivity contribution in [2.75, 3.05) is 0 Å². The van der Waals surface area contributed by atoms with Crippen LogP contribution in [-0.2, 0) is 0 Å². The highest BCUT2D eigenvalue weighted by Crippen LogP contribution is 1.38. The van der Waals surface area contributed by atoms with E-state index in [4.69, 9.17) is 0 Å². The standard InChI is InChI=1S/C3H6.2BrH.2ClH/c1-3-2;;;;/h3H,1H2,2H3;4*1H. The topological polar surface area (TPSA) is 0 Å². The van der Waals surface area contributed by atoms with Gasteiger partial charge < -0.3 is 0 Å². The molecule has 0 aromatic carbocycles. The minimum absolute atomic E-state index is 0. The fourth-order valence-corrected chi connectivity index (χ4v) is 0. The Labute approximate surface area is 78.1 Å². The molecule has 0 aliphatic carbocycles. The molecule has 0 nitrogen and oxygen atoms in total. The zero-order valence-corrected chi connectivity index (χ0v) is 8.98. The van der Waals surface area contributed by atoms with E-state index >= 15 is 0 Å². The fourth-order valence-electron chi connectivity index (χ4n) is 0. The van der Waals surface area contributed by atoms with Gasteiger partial charge in [0.1, 0.15) is 0 Å². The molecule has 7 heavy (non-hydrogen) atoms. The minimum Gasteiger partial charge on any atom is -0.147 e. The van der Waals surface area contributed by atoms with E-state index in [1.165, 1.54) is 0 Å². The zero-order chi connectivity index (χ0) is 2.71. The van der Waals surface area contributed by atoms with E-state index in [2.05, 4.69) is 6.58 Å². The highest BCUT2D eigenvalue weighted by molar-refractivity contribution is 8.93. The Kier molecular flexibility index (Phi) is 322. The van der Waals surface area contributed by atoms with Gasteiger partial charge in [-0.1, -0.05) is 6.08 Å². The van der Waals surface area contributed by atoms with Crippen molar-refractivity contribution in [3.8, 4) is 0 Å². The summed E-state index contributed by atoms with van der Waals surface area (Å²) in [5, 5.41) is 0. The van der Waals surface area contributed by atoms with Crippen molar-refractivity contribution in [2.45, 2.75) is 6.92 Å². The average molecular weight is 277 g/mol. The van der Waals surface area contributed by atoms with Gasteiger partial charge in [-0.25, -0.2) is 0 Å². The third kappa shape index (κ3) is 124. The van der Waals surface area contributed by atoms with E-state index in [1.54, 1.807) is 6.08 Å². The van der Waals surface area contributed by atoms with Crippen molar-refractivity contribution < 1.29 is 0 Å². The van der Waals surface area contributed by atoms with Crippen LogP contribution in [0, 0.1) is 0 Å². The lowest BCUT2D eigenvalue weighted by atomic mass is 10.8. The Morgan fingerprint density at radius 3 is 1.14 bits per heavy atom. The SMILES string of the molecule is Br.Br.C=CC.Cl.Cl. The smallest absolute Gasteiger partial charge is 0.0473 e. The highest BCUT2D eigenvalue weighted by Gasteiger charge is 1.15. The average Bonchev–Trinajstić information content (AvgIpc) is 0.918. The number of hydrogen-bond donors (Lipinski definition) is 0. The molecule has 50 valence electrons. The molecule has 0 saturated heterocycles. The summed E-state index contributed by atoms with van der Waals surface area (Å²) in [4.78, 5) is 0. The molecule has 0 aliphatic rings. The number of hydrogen-bond acceptors (Lipinski definition) is 0. The Balaban J connectivity index is -0.00000000333. The van der Waals surface area contributed by atoms with Crippen LogP contribution in [0.2, 0.25) is 0 Å². The first kappa shape index (κ1) is 40.8. The number of halogens is 4. The van der Waals surface area contributed by atoms with E-state index in [-0.39, 0.29) is 58.8 Å². The lowest BCUT2D eigenvalue weighted by molar-refractivity contribution is 1.80. The maximum atomic E-state index is 3.36. The predicted molar refractivity (Wildman–Crippen MR) is 51.0 cm³/mol.